The number of hydrogen-bond donors (Lipinski definition) is 1. The number of piperidine rings is 1. The molecule has 1 aromatic carbocycles. The molecule has 0 aromatic heterocycles. The number of carboxylic acids is 1. The van der Waals surface area contributed by atoms with Crippen molar-refractivity contribution in [2.75, 3.05) is 31.7 Å². The van der Waals surface area contributed by atoms with Gasteiger partial charge < -0.3 is 14.7 Å². The van der Waals surface area contributed by atoms with E-state index < -0.39 is 5.97 Å². The molecule has 19 heavy (non-hydrogen) atoms. The van der Waals surface area contributed by atoms with Gasteiger partial charge in [0.25, 0.3) is 0 Å². The maximum absolute atomic E-state index is 11.4. The zero-order valence-electron chi connectivity index (χ0n) is 10.9. The summed E-state index contributed by atoms with van der Waals surface area (Å²) in [5, 5.41) is 9.32. The minimum Gasteiger partial charge on any atom is -0.478 e. The Kier molecular flexibility index (Phi) is 4.82. The monoisotopic (exact) mass is 327 g/mol. The summed E-state index contributed by atoms with van der Waals surface area (Å²) in [5.41, 5.74) is 1.16. The number of rotatable bonds is 4. The number of methoxy groups -OCH3 is 1. The van der Waals surface area contributed by atoms with Crippen LogP contribution in [-0.2, 0) is 4.74 Å². The Labute approximate surface area is 121 Å². The quantitative estimate of drug-likeness (QED) is 0.923. The second-order valence-corrected chi connectivity index (χ2v) is 5.79. The van der Waals surface area contributed by atoms with E-state index in [0.717, 1.165) is 42.7 Å². The van der Waals surface area contributed by atoms with Crippen LogP contribution in [0.1, 0.15) is 23.2 Å². The van der Waals surface area contributed by atoms with Gasteiger partial charge in [0.1, 0.15) is 0 Å². The molecule has 1 atom stereocenters. The van der Waals surface area contributed by atoms with Crippen LogP contribution in [-0.4, -0.2) is 37.9 Å². The van der Waals surface area contributed by atoms with E-state index in [9.17, 15) is 9.90 Å². The molecular formula is C14H18BrNO3. The van der Waals surface area contributed by atoms with Crippen LogP contribution in [0.2, 0.25) is 0 Å². The number of halogens is 1. The molecule has 0 bridgehead atoms. The van der Waals surface area contributed by atoms with Crippen molar-refractivity contribution in [1.82, 2.24) is 0 Å². The van der Waals surface area contributed by atoms with Crippen LogP contribution in [0.15, 0.2) is 22.7 Å². The van der Waals surface area contributed by atoms with E-state index in [-0.39, 0.29) is 0 Å². The maximum Gasteiger partial charge on any atom is 0.337 e. The Morgan fingerprint density at radius 1 is 1.58 bits per heavy atom. The van der Waals surface area contributed by atoms with E-state index in [1.165, 1.54) is 0 Å². The Morgan fingerprint density at radius 3 is 3.05 bits per heavy atom. The Hall–Kier alpha value is -1.07. The summed E-state index contributed by atoms with van der Waals surface area (Å²) in [5.74, 6) is -0.408. The Balaban J connectivity index is 2.23. The van der Waals surface area contributed by atoms with Crippen molar-refractivity contribution >= 4 is 27.6 Å². The number of benzene rings is 1. The van der Waals surface area contributed by atoms with Gasteiger partial charge in [-0.05, 0) is 37.0 Å². The van der Waals surface area contributed by atoms with Gasteiger partial charge in [0, 0.05) is 24.7 Å². The highest BCUT2D eigenvalue weighted by Crippen LogP contribution is 2.29. The number of carboxylic acid groups (broad SMARTS) is 1. The summed E-state index contributed by atoms with van der Waals surface area (Å²) in [6.45, 7) is 2.49. The molecule has 0 spiro atoms. The summed E-state index contributed by atoms with van der Waals surface area (Å²) in [4.78, 5) is 13.5. The van der Waals surface area contributed by atoms with Gasteiger partial charge in [0.15, 0.2) is 0 Å². The van der Waals surface area contributed by atoms with Gasteiger partial charge in [-0.3, -0.25) is 0 Å². The molecule has 1 aliphatic heterocycles. The first-order valence-electron chi connectivity index (χ1n) is 6.38. The number of anilines is 1. The van der Waals surface area contributed by atoms with Crippen molar-refractivity contribution in [2.24, 2.45) is 5.92 Å². The molecule has 1 unspecified atom stereocenters. The van der Waals surface area contributed by atoms with Crippen molar-refractivity contribution in [3.8, 4) is 0 Å². The van der Waals surface area contributed by atoms with E-state index in [2.05, 4.69) is 20.8 Å². The van der Waals surface area contributed by atoms with Crippen LogP contribution in [0, 0.1) is 5.92 Å². The molecule has 104 valence electrons. The molecule has 1 aromatic rings. The molecule has 1 aliphatic rings. The van der Waals surface area contributed by atoms with Crippen molar-refractivity contribution in [3.05, 3.63) is 28.2 Å². The number of hydrogen-bond acceptors (Lipinski definition) is 3. The van der Waals surface area contributed by atoms with Crippen molar-refractivity contribution in [1.29, 1.82) is 0 Å². The lowest BCUT2D eigenvalue weighted by Gasteiger charge is -2.34. The third-order valence-electron chi connectivity index (χ3n) is 3.45. The molecule has 4 nitrogen and oxygen atoms in total. The summed E-state index contributed by atoms with van der Waals surface area (Å²) in [7, 11) is 1.71. The summed E-state index contributed by atoms with van der Waals surface area (Å²) in [6.07, 6.45) is 2.21. The van der Waals surface area contributed by atoms with Crippen LogP contribution in [0.4, 0.5) is 5.69 Å². The second-order valence-electron chi connectivity index (χ2n) is 4.88. The molecule has 0 amide bonds. The van der Waals surface area contributed by atoms with Crippen LogP contribution in [0.3, 0.4) is 0 Å². The maximum atomic E-state index is 11.4. The zero-order valence-corrected chi connectivity index (χ0v) is 12.5. The second kappa shape index (κ2) is 6.39. The van der Waals surface area contributed by atoms with Gasteiger partial charge in [-0.25, -0.2) is 4.79 Å². The van der Waals surface area contributed by atoms with Crippen LogP contribution in [0.5, 0.6) is 0 Å². The number of aromatic carboxylic acids is 1. The number of carbonyl (C=O) groups is 1. The third kappa shape index (κ3) is 3.48. The number of ether oxygens (including phenoxy) is 1. The first kappa shape index (κ1) is 14.3. The third-order valence-corrected chi connectivity index (χ3v) is 3.94. The Morgan fingerprint density at radius 2 is 2.37 bits per heavy atom. The molecule has 0 saturated carbocycles. The molecule has 0 radical (unpaired) electrons. The molecule has 2 rings (SSSR count). The SMILES string of the molecule is COCC1CCCN(c2ccc(Br)cc2C(=O)O)C1. The van der Waals surface area contributed by atoms with E-state index in [1.54, 1.807) is 13.2 Å². The molecular weight excluding hydrogens is 310 g/mol. The fraction of sp³-hybridized carbons (Fsp3) is 0.500. The topological polar surface area (TPSA) is 49.8 Å². The predicted molar refractivity (Wildman–Crippen MR) is 77.9 cm³/mol. The molecule has 1 heterocycles. The van der Waals surface area contributed by atoms with Gasteiger partial charge in [0.2, 0.25) is 0 Å². The first-order valence-corrected chi connectivity index (χ1v) is 7.18. The lowest BCUT2D eigenvalue weighted by atomic mass is 9.97. The van der Waals surface area contributed by atoms with Crippen molar-refractivity contribution in [3.63, 3.8) is 0 Å². The van der Waals surface area contributed by atoms with Gasteiger partial charge in [0.05, 0.1) is 17.9 Å². The largest absolute Gasteiger partial charge is 0.478 e. The number of nitrogens with zero attached hydrogens (tertiary/aromatic N) is 1. The van der Waals surface area contributed by atoms with Gasteiger partial charge in [-0.2, -0.15) is 0 Å². The molecule has 1 fully saturated rings. The van der Waals surface area contributed by atoms with Crippen LogP contribution < -0.4 is 4.90 Å². The molecule has 5 heteroatoms. The normalized spacial score (nSPS) is 19.5. The minimum absolute atomic E-state index is 0.354. The highest BCUT2D eigenvalue weighted by molar-refractivity contribution is 9.10. The zero-order chi connectivity index (χ0) is 13.8. The highest BCUT2D eigenvalue weighted by atomic mass is 79.9. The average molecular weight is 328 g/mol. The van der Waals surface area contributed by atoms with E-state index in [4.69, 9.17) is 4.74 Å². The van der Waals surface area contributed by atoms with Crippen molar-refractivity contribution in [2.45, 2.75) is 12.8 Å². The lowest BCUT2D eigenvalue weighted by molar-refractivity contribution is 0.0697. The predicted octanol–water partition coefficient (Wildman–Crippen LogP) is 3.01. The minimum atomic E-state index is -0.884. The standard InChI is InChI=1S/C14H18BrNO3/c1-19-9-10-3-2-6-16(8-10)13-5-4-11(15)7-12(13)14(17)18/h4-5,7,10H,2-3,6,8-9H2,1H3,(H,17,18). The van der Waals surface area contributed by atoms with E-state index in [1.807, 2.05) is 12.1 Å². The van der Waals surface area contributed by atoms with E-state index in [0.29, 0.717) is 11.5 Å². The fourth-order valence-corrected chi connectivity index (χ4v) is 2.97. The first-order chi connectivity index (χ1) is 9.11. The van der Waals surface area contributed by atoms with Crippen LogP contribution >= 0.6 is 15.9 Å². The van der Waals surface area contributed by atoms with Gasteiger partial charge in [-0.15, -0.1) is 0 Å². The summed E-state index contributed by atoms with van der Waals surface area (Å²) >= 11 is 3.32. The summed E-state index contributed by atoms with van der Waals surface area (Å²) < 4.78 is 6.00. The molecule has 1 saturated heterocycles. The smallest absolute Gasteiger partial charge is 0.337 e. The van der Waals surface area contributed by atoms with Gasteiger partial charge in [-0.1, -0.05) is 15.9 Å². The van der Waals surface area contributed by atoms with E-state index >= 15 is 0 Å². The molecule has 0 aliphatic carbocycles. The summed E-state index contributed by atoms with van der Waals surface area (Å²) in [6, 6.07) is 5.43. The highest BCUT2D eigenvalue weighted by Gasteiger charge is 2.23. The van der Waals surface area contributed by atoms with Crippen molar-refractivity contribution < 1.29 is 14.6 Å². The fourth-order valence-electron chi connectivity index (χ4n) is 2.61. The average Bonchev–Trinajstić information content (AvgIpc) is 2.39. The molecule has 1 N–H and O–H groups in total. The Bertz CT molecular complexity index is 462. The van der Waals surface area contributed by atoms with Crippen LogP contribution in [0.25, 0.3) is 0 Å². The lowest BCUT2D eigenvalue weighted by Crippen LogP contribution is -2.37. The van der Waals surface area contributed by atoms with Gasteiger partial charge >= 0.3 is 5.97 Å².